The Bertz CT molecular complexity index is 1320. The minimum atomic E-state index is -2.57. The summed E-state index contributed by atoms with van der Waals surface area (Å²) in [6.07, 6.45) is 1.02. The minimum absolute atomic E-state index is 0.0378. The maximum Gasteiger partial charge on any atom is 0.261 e. The summed E-state index contributed by atoms with van der Waals surface area (Å²) < 4.78 is 9.02. The molecule has 1 saturated carbocycles. The van der Waals surface area contributed by atoms with Gasteiger partial charge in [-0.15, -0.1) is 0 Å². The molecule has 1 aliphatic carbocycles. The number of rotatable bonds is 6. The van der Waals surface area contributed by atoms with E-state index in [1.807, 2.05) is 22.8 Å². The largest absolute Gasteiger partial charge is 0.407 e. The van der Waals surface area contributed by atoms with Gasteiger partial charge in [0.1, 0.15) is 0 Å². The van der Waals surface area contributed by atoms with E-state index in [-0.39, 0.29) is 10.9 Å². The number of hydrogen-bond donors (Lipinski definition) is 0. The van der Waals surface area contributed by atoms with Crippen molar-refractivity contribution in [3.63, 3.8) is 0 Å². The Labute approximate surface area is 213 Å². The van der Waals surface area contributed by atoms with Gasteiger partial charge in [0, 0.05) is 35.6 Å². The number of aromatic nitrogens is 1. The quantitative estimate of drug-likeness (QED) is 0.277. The zero-order valence-corrected chi connectivity index (χ0v) is 22.5. The summed E-state index contributed by atoms with van der Waals surface area (Å²) in [4.78, 5) is 12.6. The Morgan fingerprint density at radius 1 is 0.971 bits per heavy atom. The third-order valence-corrected chi connectivity index (χ3v) is 12.6. The van der Waals surface area contributed by atoms with E-state index in [0.29, 0.717) is 23.5 Å². The van der Waals surface area contributed by atoms with Crippen molar-refractivity contribution in [1.29, 1.82) is 0 Å². The average Bonchev–Trinajstić information content (AvgIpc) is 3.50. The van der Waals surface area contributed by atoms with Crippen molar-refractivity contribution < 1.29 is 9.22 Å². The Morgan fingerprint density at radius 3 is 2.11 bits per heavy atom. The molecule has 0 spiro atoms. The Morgan fingerprint density at radius 2 is 1.57 bits per heavy atom. The summed E-state index contributed by atoms with van der Waals surface area (Å²) in [6, 6.07) is 29.4. The zero-order valence-electron chi connectivity index (χ0n) is 20.8. The predicted molar refractivity (Wildman–Crippen MR) is 148 cm³/mol. The number of fused-ring (bicyclic) bond motifs is 1. The van der Waals surface area contributed by atoms with Crippen LogP contribution < -0.4 is 10.4 Å². The molecule has 0 aliphatic heterocycles. The molecule has 180 valence electrons. The topological polar surface area (TPSA) is 31.2 Å². The van der Waals surface area contributed by atoms with Crippen LogP contribution in [-0.2, 0) is 4.43 Å². The fourth-order valence-electron chi connectivity index (χ4n) is 5.62. The third-order valence-electron chi connectivity index (χ3n) is 7.34. The van der Waals surface area contributed by atoms with Crippen molar-refractivity contribution in [3.05, 3.63) is 95.6 Å². The summed E-state index contributed by atoms with van der Waals surface area (Å²) in [7, 11) is -2.57. The molecular formula is C30H32ClNO2Si. The second kappa shape index (κ2) is 9.09. The van der Waals surface area contributed by atoms with Crippen LogP contribution >= 0.6 is 11.6 Å². The molecule has 0 radical (unpaired) electrons. The lowest BCUT2D eigenvalue weighted by molar-refractivity contribution is 0.0938. The number of nitrogens with zero attached hydrogens (tertiary/aromatic N) is 1. The lowest BCUT2D eigenvalue weighted by Gasteiger charge is -2.43. The highest BCUT2D eigenvalue weighted by Crippen LogP contribution is 2.50. The molecule has 1 heterocycles. The van der Waals surface area contributed by atoms with Gasteiger partial charge in [-0.3, -0.25) is 9.36 Å². The molecule has 1 aliphatic rings. The summed E-state index contributed by atoms with van der Waals surface area (Å²) >= 11 is 6.23. The molecule has 35 heavy (non-hydrogen) atoms. The van der Waals surface area contributed by atoms with E-state index in [0.717, 1.165) is 23.0 Å². The van der Waals surface area contributed by atoms with Crippen LogP contribution in [0.15, 0.2) is 84.9 Å². The van der Waals surface area contributed by atoms with Gasteiger partial charge in [-0.25, -0.2) is 0 Å². The summed E-state index contributed by atoms with van der Waals surface area (Å²) in [5, 5.41) is 4.24. The van der Waals surface area contributed by atoms with Crippen LogP contribution in [0.1, 0.15) is 50.5 Å². The van der Waals surface area contributed by atoms with Gasteiger partial charge in [0.25, 0.3) is 8.32 Å². The summed E-state index contributed by atoms with van der Waals surface area (Å²) in [5.74, 6) is 0.730. The summed E-state index contributed by atoms with van der Waals surface area (Å²) in [6.45, 7) is 9.23. The minimum Gasteiger partial charge on any atom is -0.407 e. The second-order valence-electron chi connectivity index (χ2n) is 10.7. The van der Waals surface area contributed by atoms with Gasteiger partial charge >= 0.3 is 0 Å². The van der Waals surface area contributed by atoms with Crippen molar-refractivity contribution >= 4 is 47.1 Å². The van der Waals surface area contributed by atoms with Crippen LogP contribution in [0.4, 0.5) is 0 Å². The first-order valence-corrected chi connectivity index (χ1v) is 14.6. The lowest BCUT2D eigenvalue weighted by Crippen LogP contribution is -2.66. The van der Waals surface area contributed by atoms with Gasteiger partial charge in [-0.2, -0.15) is 0 Å². The molecule has 0 bridgehead atoms. The fraction of sp³-hybridized carbons (Fsp3) is 0.300. The molecule has 0 saturated heterocycles. The van der Waals surface area contributed by atoms with Gasteiger partial charge in [0.2, 0.25) is 5.91 Å². The molecule has 5 heteroatoms. The highest BCUT2D eigenvalue weighted by molar-refractivity contribution is 6.99. The van der Waals surface area contributed by atoms with Crippen LogP contribution in [0.3, 0.4) is 0 Å². The number of carbonyl (C=O) groups excluding carboxylic acids is 1. The van der Waals surface area contributed by atoms with Crippen molar-refractivity contribution in [3.8, 4) is 0 Å². The number of carbonyl (C=O) groups is 1. The van der Waals surface area contributed by atoms with Crippen LogP contribution in [0.2, 0.25) is 10.1 Å². The number of benzene rings is 3. The molecule has 5 rings (SSSR count). The Hall–Kier alpha value is -2.66. The van der Waals surface area contributed by atoms with Gasteiger partial charge in [-0.05, 0) is 52.0 Å². The van der Waals surface area contributed by atoms with E-state index in [4.69, 9.17) is 16.0 Å². The molecule has 1 aromatic heterocycles. The Balaban J connectivity index is 1.48. The van der Waals surface area contributed by atoms with Gasteiger partial charge in [-0.1, -0.05) is 93.0 Å². The van der Waals surface area contributed by atoms with E-state index in [1.165, 1.54) is 10.4 Å². The Kier molecular flexibility index (Phi) is 6.24. The average molecular weight is 502 g/mol. The number of halogens is 1. The predicted octanol–water partition coefficient (Wildman–Crippen LogP) is 6.63. The first kappa shape index (κ1) is 24.0. The molecule has 1 fully saturated rings. The van der Waals surface area contributed by atoms with Crippen LogP contribution in [0.5, 0.6) is 0 Å². The van der Waals surface area contributed by atoms with Crippen molar-refractivity contribution in [2.75, 3.05) is 6.61 Å². The maximum atomic E-state index is 12.6. The standard InChI is InChI=1S/C30H32ClNO2Si/c1-21(33)32-28-16-15-24(31)17-22(28)19-29(32)27-18-23(27)20-34-35(30(2,3)4,25-11-7-5-8-12-25)26-13-9-6-10-14-26/h5-17,19,23,27H,18,20H2,1-4H3/t23-,27+/m0/s1. The molecule has 0 N–H and O–H groups in total. The molecule has 0 unspecified atom stereocenters. The monoisotopic (exact) mass is 501 g/mol. The third kappa shape index (κ3) is 4.28. The maximum absolute atomic E-state index is 12.6. The van der Waals surface area contributed by atoms with Crippen LogP contribution in [0, 0.1) is 5.92 Å². The lowest BCUT2D eigenvalue weighted by atomic mass is 10.2. The van der Waals surface area contributed by atoms with E-state index in [1.54, 1.807) is 6.92 Å². The van der Waals surface area contributed by atoms with E-state index in [9.17, 15) is 4.79 Å². The molecule has 4 aromatic rings. The first-order chi connectivity index (χ1) is 16.7. The zero-order chi connectivity index (χ0) is 24.8. The number of hydrogen-bond acceptors (Lipinski definition) is 2. The smallest absolute Gasteiger partial charge is 0.261 e. The van der Waals surface area contributed by atoms with Crippen molar-refractivity contribution in [1.82, 2.24) is 4.57 Å². The van der Waals surface area contributed by atoms with Gasteiger partial charge < -0.3 is 4.43 Å². The fourth-order valence-corrected chi connectivity index (χ4v) is 10.4. The van der Waals surface area contributed by atoms with Crippen LogP contribution in [-0.4, -0.2) is 25.4 Å². The highest BCUT2D eigenvalue weighted by Gasteiger charge is 2.52. The summed E-state index contributed by atoms with van der Waals surface area (Å²) in [5.41, 5.74) is 2.00. The van der Waals surface area contributed by atoms with E-state index >= 15 is 0 Å². The molecule has 0 amide bonds. The normalized spacial score (nSPS) is 18.1. The van der Waals surface area contributed by atoms with Crippen molar-refractivity contribution in [2.45, 2.75) is 45.1 Å². The van der Waals surface area contributed by atoms with E-state index < -0.39 is 8.32 Å². The second-order valence-corrected chi connectivity index (χ2v) is 15.4. The first-order valence-electron chi connectivity index (χ1n) is 12.3. The van der Waals surface area contributed by atoms with E-state index in [2.05, 4.69) is 87.5 Å². The molecule has 3 aromatic carbocycles. The van der Waals surface area contributed by atoms with Gasteiger partial charge in [0.15, 0.2) is 0 Å². The SMILES string of the molecule is CC(=O)n1c([C@@H]2C[C@H]2CO[Si](c2ccccc2)(c2ccccc2)C(C)(C)C)cc2cc(Cl)ccc21. The van der Waals surface area contributed by atoms with Crippen LogP contribution in [0.25, 0.3) is 10.9 Å². The molecule has 3 nitrogen and oxygen atoms in total. The molecule has 2 atom stereocenters. The van der Waals surface area contributed by atoms with Gasteiger partial charge in [0.05, 0.1) is 5.52 Å². The van der Waals surface area contributed by atoms with Crippen molar-refractivity contribution in [2.24, 2.45) is 5.92 Å². The highest BCUT2D eigenvalue weighted by atomic mass is 35.5. The molecular weight excluding hydrogens is 470 g/mol.